The van der Waals surface area contributed by atoms with Gasteiger partial charge in [-0.3, -0.25) is 9.59 Å². The molecule has 5 heteroatoms. The van der Waals surface area contributed by atoms with Gasteiger partial charge >= 0.3 is 0 Å². The van der Waals surface area contributed by atoms with Crippen LogP contribution in [0.5, 0.6) is 0 Å². The maximum atomic E-state index is 12.3. The van der Waals surface area contributed by atoms with Crippen molar-refractivity contribution in [2.45, 2.75) is 98.5 Å². The van der Waals surface area contributed by atoms with Gasteiger partial charge in [0.05, 0.1) is 5.60 Å². The zero-order chi connectivity index (χ0) is 20.1. The number of rotatable bonds is 15. The molecule has 0 saturated heterocycles. The molecule has 0 aliphatic carbocycles. The first kappa shape index (κ1) is 24.9. The zero-order valence-electron chi connectivity index (χ0n) is 18.0. The van der Waals surface area contributed by atoms with Crippen LogP contribution in [0.4, 0.5) is 0 Å². The quantitative estimate of drug-likeness (QED) is 0.425. The molecule has 2 N–H and O–H groups in total. The average molecular weight is 371 g/mol. The molecule has 0 aromatic carbocycles. The smallest absolute Gasteiger partial charge is 0.225 e. The van der Waals surface area contributed by atoms with E-state index in [4.69, 9.17) is 4.74 Å². The van der Waals surface area contributed by atoms with Crippen molar-refractivity contribution in [3.63, 3.8) is 0 Å². The average Bonchev–Trinajstić information content (AvgIpc) is 2.54. The maximum absolute atomic E-state index is 12.3. The molecule has 5 nitrogen and oxygen atoms in total. The molecular weight excluding hydrogens is 328 g/mol. The summed E-state index contributed by atoms with van der Waals surface area (Å²) < 4.78 is 5.98. The van der Waals surface area contributed by atoms with Crippen molar-refractivity contribution in [3.8, 4) is 0 Å². The van der Waals surface area contributed by atoms with Gasteiger partial charge in [-0.1, -0.05) is 47.0 Å². The number of unbranched alkanes of at least 4 members (excludes halogenated alkanes) is 3. The Hall–Kier alpha value is -1.10. The molecule has 0 bridgehead atoms. The van der Waals surface area contributed by atoms with Gasteiger partial charge in [0.1, 0.15) is 0 Å². The lowest BCUT2D eigenvalue weighted by Gasteiger charge is -2.29. The lowest BCUT2D eigenvalue weighted by molar-refractivity contribution is -0.131. The second-order valence-electron chi connectivity index (χ2n) is 8.41. The van der Waals surface area contributed by atoms with Gasteiger partial charge in [-0.25, -0.2) is 0 Å². The van der Waals surface area contributed by atoms with Gasteiger partial charge in [-0.2, -0.15) is 0 Å². The fourth-order valence-corrected chi connectivity index (χ4v) is 2.58. The lowest BCUT2D eigenvalue weighted by atomic mass is 9.88. The third kappa shape index (κ3) is 12.3. The molecule has 0 aromatic rings. The zero-order valence-corrected chi connectivity index (χ0v) is 18.0. The van der Waals surface area contributed by atoms with Crippen molar-refractivity contribution in [2.24, 2.45) is 5.41 Å². The van der Waals surface area contributed by atoms with Crippen LogP contribution in [0.15, 0.2) is 0 Å². The molecule has 0 rings (SSSR count). The summed E-state index contributed by atoms with van der Waals surface area (Å²) in [5.41, 5.74) is -0.748. The normalized spacial score (nSPS) is 12.1. The van der Waals surface area contributed by atoms with Gasteiger partial charge in [0.25, 0.3) is 0 Å². The topological polar surface area (TPSA) is 67.4 Å². The highest BCUT2D eigenvalue weighted by Crippen LogP contribution is 2.23. The van der Waals surface area contributed by atoms with Crippen molar-refractivity contribution in [3.05, 3.63) is 0 Å². The fourth-order valence-electron chi connectivity index (χ4n) is 2.58. The van der Waals surface area contributed by atoms with Crippen molar-refractivity contribution in [1.29, 1.82) is 0 Å². The van der Waals surface area contributed by atoms with E-state index in [1.807, 2.05) is 34.6 Å². The first-order valence-corrected chi connectivity index (χ1v) is 10.3. The molecule has 0 fully saturated rings. The predicted octanol–water partition coefficient (Wildman–Crippen LogP) is 4.20. The number of amides is 2. The van der Waals surface area contributed by atoms with Gasteiger partial charge in [-0.15, -0.1) is 0 Å². The summed E-state index contributed by atoms with van der Waals surface area (Å²) in [6.45, 7) is 14.1. The second kappa shape index (κ2) is 13.1. The molecule has 0 unspecified atom stereocenters. The molecule has 0 aliphatic rings. The van der Waals surface area contributed by atoms with Crippen LogP contribution in [0.2, 0.25) is 0 Å². The highest BCUT2D eigenvalue weighted by molar-refractivity contribution is 5.81. The molecule has 0 heterocycles. The number of carbonyl (C=O) groups excluding carboxylic acids is 2. The maximum Gasteiger partial charge on any atom is 0.225 e. The van der Waals surface area contributed by atoms with E-state index in [9.17, 15) is 9.59 Å². The van der Waals surface area contributed by atoms with Crippen molar-refractivity contribution in [1.82, 2.24) is 10.6 Å². The number of ether oxygens (including phenoxy) is 1. The van der Waals surface area contributed by atoms with E-state index < -0.39 is 5.41 Å². The van der Waals surface area contributed by atoms with E-state index in [2.05, 4.69) is 17.6 Å². The van der Waals surface area contributed by atoms with Gasteiger partial charge in [-0.05, 0) is 39.5 Å². The van der Waals surface area contributed by atoms with E-state index in [0.29, 0.717) is 26.0 Å². The molecule has 0 saturated carbocycles. The summed E-state index contributed by atoms with van der Waals surface area (Å²) in [5.74, 6) is 0.197. The minimum atomic E-state index is -0.434. The Kier molecular flexibility index (Phi) is 12.6. The van der Waals surface area contributed by atoms with E-state index in [1.54, 1.807) is 0 Å². The summed E-state index contributed by atoms with van der Waals surface area (Å²) in [4.78, 5) is 23.8. The summed E-state index contributed by atoms with van der Waals surface area (Å²) in [6, 6.07) is 0. The van der Waals surface area contributed by atoms with Crippen LogP contribution >= 0.6 is 0 Å². The van der Waals surface area contributed by atoms with Crippen LogP contribution in [-0.4, -0.2) is 37.1 Å². The van der Waals surface area contributed by atoms with E-state index in [0.717, 1.165) is 25.8 Å². The number of hydrogen-bond donors (Lipinski definition) is 2. The Bertz CT molecular complexity index is 406. The van der Waals surface area contributed by atoms with Crippen LogP contribution in [-0.2, 0) is 14.3 Å². The molecule has 0 radical (unpaired) electrons. The van der Waals surface area contributed by atoms with Crippen molar-refractivity contribution in [2.75, 3.05) is 19.7 Å². The van der Waals surface area contributed by atoms with Crippen molar-refractivity contribution >= 4 is 11.8 Å². The van der Waals surface area contributed by atoms with Crippen LogP contribution in [0.25, 0.3) is 0 Å². The minimum absolute atomic E-state index is 0.0973. The second-order valence-corrected chi connectivity index (χ2v) is 8.41. The predicted molar refractivity (Wildman–Crippen MR) is 108 cm³/mol. The monoisotopic (exact) mass is 370 g/mol. The first-order valence-electron chi connectivity index (χ1n) is 10.3. The Morgan fingerprint density at radius 2 is 1.54 bits per heavy atom. The fraction of sp³-hybridized carbons (Fsp3) is 0.905. The van der Waals surface area contributed by atoms with Gasteiger partial charge in [0, 0.05) is 31.5 Å². The molecule has 154 valence electrons. The van der Waals surface area contributed by atoms with Crippen LogP contribution in [0.1, 0.15) is 92.9 Å². The first-order chi connectivity index (χ1) is 12.1. The molecule has 0 atom stereocenters. The minimum Gasteiger partial charge on any atom is -0.375 e. The van der Waals surface area contributed by atoms with Gasteiger partial charge < -0.3 is 15.4 Å². The van der Waals surface area contributed by atoms with Gasteiger partial charge in [0.2, 0.25) is 11.8 Å². The number of hydrogen-bond acceptors (Lipinski definition) is 3. The standard InChI is InChI=1S/C21H42N2O3/c1-7-9-10-11-15-23-19(25)20(3,4)14-17-26-21(5,6)13-16-22-18(24)12-8-2/h7-17H2,1-6H3,(H,22,24)(H,23,25). The molecule has 0 aromatic heterocycles. The lowest BCUT2D eigenvalue weighted by Crippen LogP contribution is -2.39. The Morgan fingerprint density at radius 1 is 0.846 bits per heavy atom. The highest BCUT2D eigenvalue weighted by atomic mass is 16.5. The highest BCUT2D eigenvalue weighted by Gasteiger charge is 2.28. The summed E-state index contributed by atoms with van der Waals surface area (Å²) >= 11 is 0. The number of nitrogens with one attached hydrogen (secondary N) is 2. The third-order valence-electron chi connectivity index (χ3n) is 4.68. The number of carbonyl (C=O) groups is 2. The molecule has 0 spiro atoms. The van der Waals surface area contributed by atoms with Crippen LogP contribution in [0, 0.1) is 5.41 Å². The molecule has 0 aliphatic heterocycles. The Balaban J connectivity index is 4.05. The van der Waals surface area contributed by atoms with Crippen molar-refractivity contribution < 1.29 is 14.3 Å². The van der Waals surface area contributed by atoms with Crippen LogP contribution < -0.4 is 10.6 Å². The van der Waals surface area contributed by atoms with E-state index in [1.165, 1.54) is 19.3 Å². The van der Waals surface area contributed by atoms with Crippen LogP contribution in [0.3, 0.4) is 0 Å². The molecule has 26 heavy (non-hydrogen) atoms. The summed E-state index contributed by atoms with van der Waals surface area (Å²) in [7, 11) is 0. The van der Waals surface area contributed by atoms with E-state index in [-0.39, 0.29) is 17.4 Å². The molecular formula is C21H42N2O3. The summed E-state index contributed by atoms with van der Waals surface area (Å²) in [6.07, 6.45) is 7.51. The van der Waals surface area contributed by atoms with Gasteiger partial charge in [0.15, 0.2) is 0 Å². The SMILES string of the molecule is CCCCCCNC(=O)C(C)(C)CCOC(C)(C)CCNC(=O)CCC. The third-order valence-corrected chi connectivity index (χ3v) is 4.68. The largest absolute Gasteiger partial charge is 0.375 e. The summed E-state index contributed by atoms with van der Waals surface area (Å²) in [5, 5.41) is 5.97. The Morgan fingerprint density at radius 3 is 2.15 bits per heavy atom. The Labute approximate surface area is 161 Å². The van der Waals surface area contributed by atoms with E-state index >= 15 is 0 Å². The molecule has 2 amide bonds.